The number of halogens is 1. The maximum absolute atomic E-state index is 8.97. The summed E-state index contributed by atoms with van der Waals surface area (Å²) in [6, 6.07) is 0.656. The number of hydrogen-bond acceptors (Lipinski definition) is 2. The zero-order chi connectivity index (χ0) is 10.2. The minimum absolute atomic E-state index is 0.243. The van der Waals surface area contributed by atoms with Crippen molar-refractivity contribution in [1.82, 2.24) is 4.90 Å². The van der Waals surface area contributed by atoms with Crippen LogP contribution in [0.25, 0.3) is 0 Å². The molecule has 1 N–H and O–H groups in total. The van der Waals surface area contributed by atoms with Gasteiger partial charge in [0, 0.05) is 24.7 Å². The Morgan fingerprint density at radius 3 is 2.57 bits per heavy atom. The number of rotatable bonds is 5. The van der Waals surface area contributed by atoms with E-state index in [1.807, 2.05) is 6.08 Å². The van der Waals surface area contributed by atoms with Crippen LogP contribution in [0.4, 0.5) is 0 Å². The predicted molar refractivity (Wildman–Crippen MR) is 60.5 cm³/mol. The maximum atomic E-state index is 8.97. The predicted octanol–water partition coefficient (Wildman–Crippen LogP) is 2.37. The lowest BCUT2D eigenvalue weighted by molar-refractivity contribution is 0.137. The topological polar surface area (TPSA) is 23.5 Å². The van der Waals surface area contributed by atoms with Gasteiger partial charge in [-0.1, -0.05) is 36.9 Å². The van der Waals surface area contributed by atoms with E-state index in [4.69, 9.17) is 16.7 Å². The van der Waals surface area contributed by atoms with Crippen LogP contribution in [-0.4, -0.2) is 35.7 Å². The van der Waals surface area contributed by atoms with E-state index in [1.165, 1.54) is 32.1 Å². The number of aliphatic hydroxyl groups is 1. The van der Waals surface area contributed by atoms with Gasteiger partial charge in [-0.05, 0) is 12.8 Å². The van der Waals surface area contributed by atoms with Crippen LogP contribution in [0.15, 0.2) is 11.6 Å². The van der Waals surface area contributed by atoms with E-state index in [0.29, 0.717) is 6.04 Å². The Morgan fingerprint density at radius 2 is 2.00 bits per heavy atom. The second-order valence-corrected chi connectivity index (χ2v) is 4.12. The summed E-state index contributed by atoms with van der Waals surface area (Å²) in [5.74, 6) is 0. The Kier molecular flexibility index (Phi) is 6.24. The first-order chi connectivity index (χ1) is 6.88. The molecule has 0 amide bonds. The minimum Gasteiger partial charge on any atom is -0.395 e. The third-order valence-corrected chi connectivity index (χ3v) is 3.09. The Morgan fingerprint density at radius 1 is 1.29 bits per heavy atom. The van der Waals surface area contributed by atoms with Crippen molar-refractivity contribution in [3.8, 4) is 0 Å². The first-order valence-corrected chi connectivity index (χ1v) is 5.92. The lowest BCUT2D eigenvalue weighted by Crippen LogP contribution is -2.38. The van der Waals surface area contributed by atoms with E-state index in [2.05, 4.69) is 4.90 Å². The van der Waals surface area contributed by atoms with Gasteiger partial charge < -0.3 is 5.11 Å². The molecule has 14 heavy (non-hydrogen) atoms. The van der Waals surface area contributed by atoms with Crippen LogP contribution in [0.2, 0.25) is 0 Å². The molecular formula is C11H20ClNO. The summed E-state index contributed by atoms with van der Waals surface area (Å²) in [5, 5.41) is 8.97. The van der Waals surface area contributed by atoms with Gasteiger partial charge in [0.1, 0.15) is 0 Å². The largest absolute Gasteiger partial charge is 0.395 e. The van der Waals surface area contributed by atoms with Crippen LogP contribution in [0.1, 0.15) is 32.1 Å². The summed E-state index contributed by atoms with van der Waals surface area (Å²) in [6.45, 7) is 1.88. The summed E-state index contributed by atoms with van der Waals surface area (Å²) < 4.78 is 0. The zero-order valence-corrected chi connectivity index (χ0v) is 9.42. The quantitative estimate of drug-likeness (QED) is 0.765. The highest BCUT2D eigenvalue weighted by Crippen LogP contribution is 2.22. The third-order valence-electron chi connectivity index (χ3n) is 2.91. The lowest BCUT2D eigenvalue weighted by atomic mass is 9.94. The molecule has 1 rings (SSSR count). The lowest BCUT2D eigenvalue weighted by Gasteiger charge is -2.33. The van der Waals surface area contributed by atoms with Crippen LogP contribution in [0.3, 0.4) is 0 Å². The molecule has 0 aromatic rings. The van der Waals surface area contributed by atoms with E-state index in [0.717, 1.165) is 13.1 Å². The molecule has 2 nitrogen and oxygen atoms in total. The SMILES string of the molecule is OCCN(CC=CCl)C1CCCCC1. The number of nitrogens with zero attached hydrogens (tertiary/aromatic N) is 1. The van der Waals surface area contributed by atoms with Crippen molar-refractivity contribution in [1.29, 1.82) is 0 Å². The molecule has 1 saturated carbocycles. The number of aliphatic hydroxyl groups excluding tert-OH is 1. The zero-order valence-electron chi connectivity index (χ0n) is 8.66. The smallest absolute Gasteiger partial charge is 0.0558 e. The molecule has 0 saturated heterocycles. The molecule has 82 valence electrons. The highest BCUT2D eigenvalue weighted by Gasteiger charge is 2.19. The Hall–Kier alpha value is -0.0500. The molecule has 0 aliphatic heterocycles. The van der Waals surface area contributed by atoms with E-state index in [9.17, 15) is 0 Å². The molecular weight excluding hydrogens is 198 g/mol. The van der Waals surface area contributed by atoms with Gasteiger partial charge in [-0.2, -0.15) is 0 Å². The molecule has 0 bridgehead atoms. The molecule has 0 spiro atoms. The highest BCUT2D eigenvalue weighted by atomic mass is 35.5. The van der Waals surface area contributed by atoms with E-state index < -0.39 is 0 Å². The fourth-order valence-corrected chi connectivity index (χ4v) is 2.25. The second kappa shape index (κ2) is 7.27. The van der Waals surface area contributed by atoms with Crippen LogP contribution in [-0.2, 0) is 0 Å². The van der Waals surface area contributed by atoms with Crippen molar-refractivity contribution in [3.63, 3.8) is 0 Å². The van der Waals surface area contributed by atoms with Gasteiger partial charge in [0.05, 0.1) is 6.61 Å². The van der Waals surface area contributed by atoms with Crippen molar-refractivity contribution >= 4 is 11.6 Å². The maximum Gasteiger partial charge on any atom is 0.0558 e. The molecule has 0 unspecified atom stereocenters. The Labute approximate surface area is 91.6 Å². The van der Waals surface area contributed by atoms with Crippen molar-refractivity contribution in [3.05, 3.63) is 11.6 Å². The van der Waals surface area contributed by atoms with Crippen molar-refractivity contribution in [2.24, 2.45) is 0 Å². The molecule has 1 fully saturated rings. The number of hydrogen-bond donors (Lipinski definition) is 1. The molecule has 0 atom stereocenters. The summed E-state index contributed by atoms with van der Waals surface area (Å²) in [5.41, 5.74) is 1.56. The molecule has 0 heterocycles. The second-order valence-electron chi connectivity index (χ2n) is 3.87. The van der Waals surface area contributed by atoms with Crippen LogP contribution in [0, 0.1) is 0 Å². The monoisotopic (exact) mass is 217 g/mol. The summed E-state index contributed by atoms with van der Waals surface area (Å²) in [7, 11) is 0. The van der Waals surface area contributed by atoms with E-state index in [-0.39, 0.29) is 6.61 Å². The van der Waals surface area contributed by atoms with E-state index in [1.54, 1.807) is 5.54 Å². The molecule has 0 aromatic heterocycles. The van der Waals surface area contributed by atoms with Gasteiger partial charge in [0.2, 0.25) is 0 Å². The molecule has 1 aliphatic carbocycles. The highest BCUT2D eigenvalue weighted by molar-refractivity contribution is 6.25. The minimum atomic E-state index is 0.243. The first kappa shape index (κ1) is 12.0. The van der Waals surface area contributed by atoms with Crippen LogP contribution >= 0.6 is 11.6 Å². The molecule has 3 heteroatoms. The van der Waals surface area contributed by atoms with Crippen molar-refractivity contribution in [2.45, 2.75) is 38.1 Å². The average molecular weight is 218 g/mol. The molecule has 1 aliphatic rings. The Bertz CT molecular complexity index is 167. The standard InChI is InChI=1S/C11H20ClNO/c12-7-4-8-13(9-10-14)11-5-2-1-3-6-11/h4,7,11,14H,1-3,5-6,8-10H2. The summed E-state index contributed by atoms with van der Waals surface area (Å²) in [6.07, 6.45) is 8.53. The fraction of sp³-hybridized carbons (Fsp3) is 0.818. The van der Waals surface area contributed by atoms with Gasteiger partial charge in [0.25, 0.3) is 0 Å². The van der Waals surface area contributed by atoms with Gasteiger partial charge in [-0.15, -0.1) is 0 Å². The molecule has 0 aromatic carbocycles. The van der Waals surface area contributed by atoms with Gasteiger partial charge >= 0.3 is 0 Å². The van der Waals surface area contributed by atoms with Crippen LogP contribution in [0.5, 0.6) is 0 Å². The summed E-state index contributed by atoms with van der Waals surface area (Å²) in [4.78, 5) is 2.33. The van der Waals surface area contributed by atoms with Gasteiger partial charge in [-0.25, -0.2) is 0 Å². The first-order valence-electron chi connectivity index (χ1n) is 5.48. The third kappa shape index (κ3) is 3.99. The Balaban J connectivity index is 2.38. The van der Waals surface area contributed by atoms with Gasteiger partial charge in [0.15, 0.2) is 0 Å². The van der Waals surface area contributed by atoms with Crippen molar-refractivity contribution in [2.75, 3.05) is 19.7 Å². The normalized spacial score (nSPS) is 19.6. The summed E-state index contributed by atoms with van der Waals surface area (Å²) >= 11 is 5.51. The fourth-order valence-electron chi connectivity index (χ4n) is 2.17. The van der Waals surface area contributed by atoms with E-state index >= 15 is 0 Å². The van der Waals surface area contributed by atoms with Gasteiger partial charge in [-0.3, -0.25) is 4.90 Å². The van der Waals surface area contributed by atoms with Crippen molar-refractivity contribution < 1.29 is 5.11 Å². The van der Waals surface area contributed by atoms with Crippen LogP contribution < -0.4 is 0 Å². The average Bonchev–Trinajstić information content (AvgIpc) is 2.25. The molecule has 0 radical (unpaired) electrons.